The Morgan fingerprint density at radius 2 is 2.20 bits per heavy atom. The Labute approximate surface area is 116 Å². The highest BCUT2D eigenvalue weighted by atomic mass is 16.3. The average Bonchev–Trinajstić information content (AvgIpc) is 3.06. The van der Waals surface area contributed by atoms with Gasteiger partial charge in [-0.1, -0.05) is 13.0 Å². The quantitative estimate of drug-likeness (QED) is 0.765. The molecule has 104 valence electrons. The van der Waals surface area contributed by atoms with Crippen molar-refractivity contribution in [3.8, 4) is 0 Å². The maximum Gasteiger partial charge on any atom is 0.138 e. The van der Waals surface area contributed by atoms with Crippen molar-refractivity contribution in [2.45, 2.75) is 32.4 Å². The van der Waals surface area contributed by atoms with Crippen LogP contribution in [0.4, 0.5) is 0 Å². The van der Waals surface area contributed by atoms with Gasteiger partial charge in [-0.15, -0.1) is 0 Å². The van der Waals surface area contributed by atoms with Crippen LogP contribution < -0.4 is 0 Å². The van der Waals surface area contributed by atoms with Crippen LogP contribution in [0.2, 0.25) is 0 Å². The van der Waals surface area contributed by atoms with E-state index in [2.05, 4.69) is 22.1 Å². The van der Waals surface area contributed by atoms with Crippen LogP contribution >= 0.6 is 0 Å². The third kappa shape index (κ3) is 2.30. The van der Waals surface area contributed by atoms with E-state index in [0.29, 0.717) is 6.42 Å². The van der Waals surface area contributed by atoms with Gasteiger partial charge in [0.15, 0.2) is 0 Å². The van der Waals surface area contributed by atoms with Crippen molar-refractivity contribution in [2.75, 3.05) is 0 Å². The summed E-state index contributed by atoms with van der Waals surface area (Å²) in [6, 6.07) is 5.79. The Morgan fingerprint density at radius 3 is 3.05 bits per heavy atom. The molecule has 6 nitrogen and oxygen atoms in total. The molecule has 0 saturated carbocycles. The molecule has 1 N–H and O–H groups in total. The van der Waals surface area contributed by atoms with Crippen LogP contribution in [0.5, 0.6) is 0 Å². The molecule has 6 heteroatoms. The highest BCUT2D eigenvalue weighted by Crippen LogP contribution is 2.21. The molecule has 0 aliphatic heterocycles. The Morgan fingerprint density at radius 1 is 1.30 bits per heavy atom. The van der Waals surface area contributed by atoms with Crippen molar-refractivity contribution < 1.29 is 5.11 Å². The molecular weight excluding hydrogens is 254 g/mol. The molecule has 0 saturated heterocycles. The molecule has 3 rings (SSSR count). The van der Waals surface area contributed by atoms with Gasteiger partial charge < -0.3 is 5.11 Å². The van der Waals surface area contributed by atoms with Crippen molar-refractivity contribution >= 4 is 5.52 Å². The molecule has 0 amide bonds. The first-order valence-corrected chi connectivity index (χ1v) is 6.76. The molecule has 3 heterocycles. The highest BCUT2D eigenvalue weighted by Gasteiger charge is 2.17. The predicted molar refractivity (Wildman–Crippen MR) is 74.2 cm³/mol. The number of hydrogen-bond donors (Lipinski definition) is 1. The second-order valence-electron chi connectivity index (χ2n) is 4.75. The minimum absolute atomic E-state index is 0.441. The lowest BCUT2D eigenvalue weighted by Crippen LogP contribution is -2.10. The minimum atomic E-state index is -0.630. The molecule has 1 atom stereocenters. The molecule has 0 spiro atoms. The molecule has 0 bridgehead atoms. The van der Waals surface area contributed by atoms with Gasteiger partial charge in [0.05, 0.1) is 17.8 Å². The van der Waals surface area contributed by atoms with Crippen molar-refractivity contribution in [1.29, 1.82) is 0 Å². The fourth-order valence-electron chi connectivity index (χ4n) is 2.34. The number of aliphatic hydroxyl groups is 1. The third-order valence-electron chi connectivity index (χ3n) is 3.32. The first kappa shape index (κ1) is 12.8. The van der Waals surface area contributed by atoms with Gasteiger partial charge in [-0.25, -0.2) is 9.50 Å². The fraction of sp³-hybridized carbons (Fsp3) is 0.357. The summed E-state index contributed by atoms with van der Waals surface area (Å²) in [5.41, 5.74) is 1.73. The summed E-state index contributed by atoms with van der Waals surface area (Å²) in [5, 5.41) is 18.9. The van der Waals surface area contributed by atoms with E-state index < -0.39 is 6.10 Å². The molecule has 0 aliphatic carbocycles. The lowest BCUT2D eigenvalue weighted by Gasteiger charge is -2.10. The zero-order chi connectivity index (χ0) is 13.9. The SMILES string of the molecule is CCCn1ncnc1CC(O)c1cnn2ccccc12. The van der Waals surface area contributed by atoms with Gasteiger partial charge in [-0.3, -0.25) is 4.68 Å². The van der Waals surface area contributed by atoms with Crippen molar-refractivity contribution in [2.24, 2.45) is 0 Å². The maximum absolute atomic E-state index is 10.4. The van der Waals surface area contributed by atoms with Crippen LogP contribution in [0.25, 0.3) is 5.52 Å². The minimum Gasteiger partial charge on any atom is -0.388 e. The number of aliphatic hydroxyl groups excluding tert-OH is 1. The summed E-state index contributed by atoms with van der Waals surface area (Å²) in [4.78, 5) is 4.23. The van der Waals surface area contributed by atoms with Crippen molar-refractivity contribution in [1.82, 2.24) is 24.4 Å². The second-order valence-corrected chi connectivity index (χ2v) is 4.75. The maximum atomic E-state index is 10.4. The molecule has 0 aromatic carbocycles. The van der Waals surface area contributed by atoms with E-state index in [1.54, 1.807) is 10.7 Å². The average molecular weight is 271 g/mol. The molecule has 0 fully saturated rings. The van der Waals surface area contributed by atoms with E-state index in [4.69, 9.17) is 0 Å². The van der Waals surface area contributed by atoms with E-state index in [9.17, 15) is 5.11 Å². The molecule has 1 unspecified atom stereocenters. The predicted octanol–water partition coefficient (Wildman–Crippen LogP) is 1.61. The van der Waals surface area contributed by atoms with E-state index in [-0.39, 0.29) is 0 Å². The Bertz CT molecular complexity index is 702. The van der Waals surface area contributed by atoms with E-state index >= 15 is 0 Å². The van der Waals surface area contributed by atoms with Crippen molar-refractivity contribution in [3.63, 3.8) is 0 Å². The van der Waals surface area contributed by atoms with Crippen molar-refractivity contribution in [3.05, 3.63) is 48.3 Å². The van der Waals surface area contributed by atoms with E-state index in [1.807, 2.05) is 29.1 Å². The largest absolute Gasteiger partial charge is 0.388 e. The van der Waals surface area contributed by atoms with Crippen LogP contribution in [0, 0.1) is 0 Å². The second kappa shape index (κ2) is 5.42. The summed E-state index contributed by atoms with van der Waals surface area (Å²) < 4.78 is 3.60. The number of rotatable bonds is 5. The lowest BCUT2D eigenvalue weighted by molar-refractivity contribution is 0.175. The molecule has 0 aliphatic rings. The number of fused-ring (bicyclic) bond motifs is 1. The number of aryl methyl sites for hydroxylation is 1. The van der Waals surface area contributed by atoms with Gasteiger partial charge in [-0.2, -0.15) is 10.2 Å². The molecular formula is C14H17N5O. The van der Waals surface area contributed by atoms with E-state index in [0.717, 1.165) is 29.9 Å². The Balaban J connectivity index is 1.85. The van der Waals surface area contributed by atoms with Crippen LogP contribution in [0.3, 0.4) is 0 Å². The van der Waals surface area contributed by atoms with Gasteiger partial charge in [-0.05, 0) is 18.6 Å². The van der Waals surface area contributed by atoms with Crippen LogP contribution in [-0.4, -0.2) is 29.5 Å². The number of hydrogen-bond acceptors (Lipinski definition) is 4. The Kier molecular flexibility index (Phi) is 3.47. The summed E-state index contributed by atoms with van der Waals surface area (Å²) in [6.45, 7) is 2.91. The van der Waals surface area contributed by atoms with E-state index in [1.165, 1.54) is 6.33 Å². The molecule has 20 heavy (non-hydrogen) atoms. The highest BCUT2D eigenvalue weighted by molar-refractivity contribution is 5.54. The molecule has 3 aromatic heterocycles. The number of nitrogens with zero attached hydrogens (tertiary/aromatic N) is 5. The molecule has 3 aromatic rings. The zero-order valence-corrected chi connectivity index (χ0v) is 11.3. The smallest absolute Gasteiger partial charge is 0.138 e. The third-order valence-corrected chi connectivity index (χ3v) is 3.32. The zero-order valence-electron chi connectivity index (χ0n) is 11.3. The van der Waals surface area contributed by atoms with Gasteiger partial charge in [0.1, 0.15) is 12.2 Å². The summed E-state index contributed by atoms with van der Waals surface area (Å²) in [7, 11) is 0. The fourth-order valence-corrected chi connectivity index (χ4v) is 2.34. The lowest BCUT2D eigenvalue weighted by atomic mass is 10.1. The normalized spacial score (nSPS) is 12.9. The first-order chi connectivity index (χ1) is 9.79. The monoisotopic (exact) mass is 271 g/mol. The van der Waals surface area contributed by atoms with Gasteiger partial charge in [0, 0.05) is 24.7 Å². The topological polar surface area (TPSA) is 68.2 Å². The standard InChI is InChI=1S/C14H17N5O/c1-2-6-19-14(15-10-17-19)8-13(20)11-9-16-18-7-4-3-5-12(11)18/h3-5,7,9-10,13,20H,2,6,8H2,1H3. The summed E-state index contributed by atoms with van der Waals surface area (Å²) >= 11 is 0. The summed E-state index contributed by atoms with van der Waals surface area (Å²) in [6.07, 6.45) is 5.91. The van der Waals surface area contributed by atoms with Crippen LogP contribution in [0.1, 0.15) is 30.8 Å². The number of pyridine rings is 1. The Hall–Kier alpha value is -2.21. The van der Waals surface area contributed by atoms with Crippen LogP contribution in [-0.2, 0) is 13.0 Å². The van der Waals surface area contributed by atoms with Gasteiger partial charge >= 0.3 is 0 Å². The van der Waals surface area contributed by atoms with Gasteiger partial charge in [0.25, 0.3) is 0 Å². The number of aromatic nitrogens is 5. The van der Waals surface area contributed by atoms with Crippen LogP contribution in [0.15, 0.2) is 36.9 Å². The van der Waals surface area contributed by atoms with Gasteiger partial charge in [0.2, 0.25) is 0 Å². The molecule has 0 radical (unpaired) electrons. The summed E-state index contributed by atoms with van der Waals surface area (Å²) in [5.74, 6) is 0.801. The first-order valence-electron chi connectivity index (χ1n) is 6.76.